The quantitative estimate of drug-likeness (QED) is 0.791. The topological polar surface area (TPSA) is 43.1 Å². The van der Waals surface area contributed by atoms with E-state index in [1.807, 2.05) is 25.1 Å². The van der Waals surface area contributed by atoms with Gasteiger partial charge in [0, 0.05) is 16.3 Å². The molecule has 92 valence electrons. The molecule has 1 aliphatic heterocycles. The van der Waals surface area contributed by atoms with Gasteiger partial charge in [0.15, 0.2) is 5.82 Å². The van der Waals surface area contributed by atoms with Gasteiger partial charge in [-0.15, -0.1) is 10.2 Å². The van der Waals surface area contributed by atoms with Gasteiger partial charge in [-0.2, -0.15) is 0 Å². The molecule has 0 atom stereocenters. The number of hydrogen-bond acceptors (Lipinski definition) is 3. The van der Waals surface area contributed by atoms with Crippen LogP contribution in [0.25, 0.3) is 5.69 Å². The lowest BCUT2D eigenvalue weighted by atomic mass is 10.1. The van der Waals surface area contributed by atoms with E-state index in [1.165, 1.54) is 0 Å². The minimum atomic E-state index is 0.566. The first-order chi connectivity index (χ1) is 8.70. The second-order valence-electron chi connectivity index (χ2n) is 4.28. The summed E-state index contributed by atoms with van der Waals surface area (Å²) in [4.78, 5) is 4.61. The van der Waals surface area contributed by atoms with Gasteiger partial charge in [0.1, 0.15) is 5.82 Å². The lowest BCUT2D eigenvalue weighted by Gasteiger charge is -2.11. The molecule has 1 aliphatic rings. The molecule has 0 bridgehead atoms. The van der Waals surface area contributed by atoms with Crippen molar-refractivity contribution in [1.29, 1.82) is 0 Å². The van der Waals surface area contributed by atoms with E-state index in [0.717, 1.165) is 40.1 Å². The zero-order valence-electron chi connectivity index (χ0n) is 10.3. The number of aliphatic imine (C=N–C) groups is 1. The summed E-state index contributed by atoms with van der Waals surface area (Å²) < 4.78 is 2.05. The molecule has 0 unspecified atom stereocenters. The van der Waals surface area contributed by atoms with E-state index in [2.05, 4.69) is 26.7 Å². The summed E-state index contributed by atoms with van der Waals surface area (Å²) in [6, 6.07) is 5.87. The van der Waals surface area contributed by atoms with Gasteiger partial charge in [0.2, 0.25) is 0 Å². The number of nitrogens with zero attached hydrogens (tertiary/aromatic N) is 4. The van der Waals surface area contributed by atoms with E-state index in [4.69, 9.17) is 11.6 Å². The van der Waals surface area contributed by atoms with Crippen molar-refractivity contribution in [2.45, 2.75) is 26.8 Å². The molecule has 3 rings (SSSR count). The Hall–Kier alpha value is -1.68. The number of halogens is 1. The zero-order valence-corrected chi connectivity index (χ0v) is 11.1. The third-order valence-electron chi connectivity index (χ3n) is 3.15. The Labute approximate surface area is 110 Å². The van der Waals surface area contributed by atoms with Gasteiger partial charge in [-0.25, -0.2) is 0 Å². The minimum absolute atomic E-state index is 0.566. The van der Waals surface area contributed by atoms with Crippen molar-refractivity contribution in [3.8, 4) is 5.69 Å². The van der Waals surface area contributed by atoms with Gasteiger partial charge >= 0.3 is 0 Å². The van der Waals surface area contributed by atoms with Gasteiger partial charge in [-0.3, -0.25) is 9.56 Å². The van der Waals surface area contributed by atoms with E-state index in [9.17, 15) is 0 Å². The van der Waals surface area contributed by atoms with Crippen LogP contribution in [0.15, 0.2) is 23.2 Å². The molecule has 2 aromatic rings. The number of benzene rings is 1. The molecule has 18 heavy (non-hydrogen) atoms. The Balaban J connectivity index is 2.33. The smallest absolute Gasteiger partial charge is 0.159 e. The fourth-order valence-electron chi connectivity index (χ4n) is 2.31. The van der Waals surface area contributed by atoms with Crippen LogP contribution in [-0.4, -0.2) is 20.5 Å². The number of aromatic nitrogens is 3. The highest BCUT2D eigenvalue weighted by atomic mass is 35.5. The predicted molar refractivity (Wildman–Crippen MR) is 71.6 cm³/mol. The van der Waals surface area contributed by atoms with Crippen molar-refractivity contribution in [3.63, 3.8) is 0 Å². The minimum Gasteiger partial charge on any atom is -0.281 e. The maximum atomic E-state index is 6.10. The third kappa shape index (κ3) is 1.64. The van der Waals surface area contributed by atoms with E-state index in [-0.39, 0.29) is 0 Å². The van der Waals surface area contributed by atoms with Crippen LogP contribution >= 0.6 is 11.6 Å². The van der Waals surface area contributed by atoms with Crippen LogP contribution in [0, 0.1) is 6.92 Å². The van der Waals surface area contributed by atoms with Crippen molar-refractivity contribution in [3.05, 3.63) is 40.4 Å². The molecule has 5 heteroatoms. The second kappa shape index (κ2) is 4.21. The Morgan fingerprint density at radius 2 is 2.17 bits per heavy atom. The molecule has 0 fully saturated rings. The molecule has 4 nitrogen and oxygen atoms in total. The van der Waals surface area contributed by atoms with Crippen LogP contribution in [0.3, 0.4) is 0 Å². The fraction of sp³-hybridized carbons (Fsp3) is 0.308. The molecule has 0 saturated carbocycles. The van der Waals surface area contributed by atoms with Crippen LogP contribution in [0.2, 0.25) is 5.02 Å². The van der Waals surface area contributed by atoms with Gasteiger partial charge in [-0.05, 0) is 31.5 Å². The highest BCUT2D eigenvalue weighted by molar-refractivity contribution is 6.31. The summed E-state index contributed by atoms with van der Waals surface area (Å²) in [6.45, 7) is 4.62. The van der Waals surface area contributed by atoms with E-state index >= 15 is 0 Å². The summed E-state index contributed by atoms with van der Waals surface area (Å²) >= 11 is 6.10. The summed E-state index contributed by atoms with van der Waals surface area (Å²) in [5, 5.41) is 9.03. The Bertz CT molecular complexity index is 642. The average Bonchev–Trinajstić information content (AvgIpc) is 2.65. The van der Waals surface area contributed by atoms with Crippen LogP contribution in [0.4, 0.5) is 0 Å². The number of hydrogen-bond donors (Lipinski definition) is 0. The van der Waals surface area contributed by atoms with Gasteiger partial charge < -0.3 is 0 Å². The summed E-state index contributed by atoms with van der Waals surface area (Å²) in [6.07, 6.45) is 0.880. The SMILES string of the molecule is CCC1=NCc2nnc(C)n2-c2ccc(Cl)cc21. The lowest BCUT2D eigenvalue weighted by Crippen LogP contribution is -2.06. The van der Waals surface area contributed by atoms with Crippen molar-refractivity contribution >= 4 is 17.3 Å². The first-order valence-corrected chi connectivity index (χ1v) is 6.33. The molecule has 0 amide bonds. The van der Waals surface area contributed by atoms with Crippen LogP contribution < -0.4 is 0 Å². The first kappa shape index (κ1) is 11.4. The van der Waals surface area contributed by atoms with E-state index in [0.29, 0.717) is 6.54 Å². The average molecular weight is 261 g/mol. The number of rotatable bonds is 1. The number of aryl methyl sites for hydroxylation is 1. The second-order valence-corrected chi connectivity index (χ2v) is 4.71. The first-order valence-electron chi connectivity index (χ1n) is 5.95. The summed E-state index contributed by atoms with van der Waals surface area (Å²) in [5.74, 6) is 1.75. The Morgan fingerprint density at radius 3 is 2.94 bits per heavy atom. The maximum absolute atomic E-state index is 6.10. The largest absolute Gasteiger partial charge is 0.281 e. The Kier molecular flexibility index (Phi) is 2.67. The van der Waals surface area contributed by atoms with Crippen molar-refractivity contribution in [2.24, 2.45) is 4.99 Å². The molecular formula is C13H13ClN4. The number of fused-ring (bicyclic) bond motifs is 3. The molecular weight excluding hydrogens is 248 g/mol. The molecule has 2 heterocycles. The summed E-state index contributed by atoms with van der Waals surface area (Å²) in [7, 11) is 0. The molecule has 0 aliphatic carbocycles. The highest BCUT2D eigenvalue weighted by Gasteiger charge is 2.19. The van der Waals surface area contributed by atoms with Crippen LogP contribution in [0.5, 0.6) is 0 Å². The molecule has 0 radical (unpaired) electrons. The highest BCUT2D eigenvalue weighted by Crippen LogP contribution is 2.26. The molecule has 0 spiro atoms. The zero-order chi connectivity index (χ0) is 12.7. The monoisotopic (exact) mass is 260 g/mol. The van der Waals surface area contributed by atoms with E-state index in [1.54, 1.807) is 0 Å². The van der Waals surface area contributed by atoms with Gasteiger partial charge in [0.05, 0.1) is 12.2 Å². The standard InChI is InChI=1S/C13H13ClN4/c1-3-11-10-6-9(14)4-5-12(10)18-8(2)16-17-13(18)7-15-11/h4-6H,3,7H2,1-2H3. The summed E-state index contributed by atoms with van der Waals surface area (Å²) in [5.41, 5.74) is 3.21. The maximum Gasteiger partial charge on any atom is 0.159 e. The predicted octanol–water partition coefficient (Wildman–Crippen LogP) is 2.94. The van der Waals surface area contributed by atoms with Gasteiger partial charge in [0.25, 0.3) is 0 Å². The molecule has 0 N–H and O–H groups in total. The fourth-order valence-corrected chi connectivity index (χ4v) is 2.48. The van der Waals surface area contributed by atoms with Crippen LogP contribution in [0.1, 0.15) is 30.6 Å². The third-order valence-corrected chi connectivity index (χ3v) is 3.38. The van der Waals surface area contributed by atoms with Gasteiger partial charge in [-0.1, -0.05) is 18.5 Å². The van der Waals surface area contributed by atoms with Crippen molar-refractivity contribution in [2.75, 3.05) is 0 Å². The molecule has 0 saturated heterocycles. The normalized spacial score (nSPS) is 13.6. The van der Waals surface area contributed by atoms with Crippen molar-refractivity contribution in [1.82, 2.24) is 14.8 Å². The Morgan fingerprint density at radius 1 is 1.33 bits per heavy atom. The van der Waals surface area contributed by atoms with E-state index < -0.39 is 0 Å². The molecule has 1 aromatic heterocycles. The molecule has 1 aromatic carbocycles. The van der Waals surface area contributed by atoms with Crippen molar-refractivity contribution < 1.29 is 0 Å². The van der Waals surface area contributed by atoms with Crippen LogP contribution in [-0.2, 0) is 6.54 Å². The lowest BCUT2D eigenvalue weighted by molar-refractivity contribution is 0.860.